The summed E-state index contributed by atoms with van der Waals surface area (Å²) in [7, 11) is 3.24. The van der Waals surface area contributed by atoms with Gasteiger partial charge < -0.3 is 15.1 Å². The molecule has 1 aromatic carbocycles. The molecule has 110 valence electrons. The smallest absolute Gasteiger partial charge is 0.259 e. The number of carbonyl (C=O) groups is 1. The molecule has 0 aliphatic carbocycles. The number of nitrogens with zero attached hydrogens (tertiary/aromatic N) is 2. The van der Waals surface area contributed by atoms with Crippen LogP contribution in [0.5, 0.6) is 5.75 Å². The lowest BCUT2D eigenvalue weighted by Gasteiger charge is -2.18. The highest BCUT2D eigenvalue weighted by atomic mass is 35.5. The summed E-state index contributed by atoms with van der Waals surface area (Å²) in [6, 6.07) is 8.71. The number of nitrogen functional groups attached to an aromatic ring is 1. The largest absolute Gasteiger partial charge is 0.497 e. The summed E-state index contributed by atoms with van der Waals surface area (Å²) in [6.45, 7) is 0. The molecule has 7 heteroatoms. The van der Waals surface area contributed by atoms with E-state index in [4.69, 9.17) is 22.2 Å². The van der Waals surface area contributed by atoms with Crippen LogP contribution in [0.25, 0.3) is 0 Å². The van der Waals surface area contributed by atoms with E-state index in [-0.39, 0.29) is 10.9 Å². The first-order valence-corrected chi connectivity index (χ1v) is 6.49. The number of rotatable bonds is 4. The third kappa shape index (κ3) is 3.24. The summed E-state index contributed by atoms with van der Waals surface area (Å²) in [4.78, 5) is 17.9. The quantitative estimate of drug-likeness (QED) is 0.669. The van der Waals surface area contributed by atoms with Crippen LogP contribution in [0.3, 0.4) is 0 Å². The Labute approximate surface area is 127 Å². The van der Waals surface area contributed by atoms with Gasteiger partial charge >= 0.3 is 0 Å². The van der Waals surface area contributed by atoms with Crippen molar-refractivity contribution in [1.29, 1.82) is 0 Å². The van der Waals surface area contributed by atoms with E-state index in [1.54, 1.807) is 20.2 Å². The van der Waals surface area contributed by atoms with Gasteiger partial charge in [-0.2, -0.15) is 0 Å². The van der Waals surface area contributed by atoms with E-state index in [2.05, 4.69) is 10.4 Å². The Morgan fingerprint density at radius 3 is 2.81 bits per heavy atom. The Balaban J connectivity index is 2.28. The second kappa shape index (κ2) is 6.43. The van der Waals surface area contributed by atoms with Gasteiger partial charge in [-0.25, -0.2) is 10.8 Å². The molecule has 1 heterocycles. The second-order valence-electron chi connectivity index (χ2n) is 4.26. The van der Waals surface area contributed by atoms with Gasteiger partial charge in [0.1, 0.15) is 5.75 Å². The van der Waals surface area contributed by atoms with Crippen molar-refractivity contribution in [3.63, 3.8) is 0 Å². The van der Waals surface area contributed by atoms with Gasteiger partial charge in [0, 0.05) is 25.0 Å². The van der Waals surface area contributed by atoms with Gasteiger partial charge in [-0.05, 0) is 18.2 Å². The van der Waals surface area contributed by atoms with Crippen LogP contribution in [-0.2, 0) is 0 Å². The van der Waals surface area contributed by atoms with E-state index in [0.717, 1.165) is 0 Å². The molecule has 0 aliphatic heterocycles. The van der Waals surface area contributed by atoms with Crippen LogP contribution in [-0.4, -0.2) is 25.0 Å². The number of amides is 1. The van der Waals surface area contributed by atoms with E-state index in [1.807, 2.05) is 18.2 Å². The third-order valence-corrected chi connectivity index (χ3v) is 3.26. The van der Waals surface area contributed by atoms with Gasteiger partial charge in [0.25, 0.3) is 5.91 Å². The Morgan fingerprint density at radius 2 is 2.19 bits per heavy atom. The number of hydrogen-bond acceptors (Lipinski definition) is 5. The number of benzene rings is 1. The molecular weight excluding hydrogens is 292 g/mol. The van der Waals surface area contributed by atoms with Crippen LogP contribution < -0.4 is 20.9 Å². The highest BCUT2D eigenvalue weighted by molar-refractivity contribution is 6.33. The zero-order valence-electron chi connectivity index (χ0n) is 11.6. The molecular formula is C14H15ClN4O2. The van der Waals surface area contributed by atoms with Gasteiger partial charge in [0.05, 0.1) is 17.7 Å². The number of hydrogen-bond donors (Lipinski definition) is 2. The molecule has 2 aromatic rings. The van der Waals surface area contributed by atoms with Crippen molar-refractivity contribution >= 4 is 29.0 Å². The molecule has 1 aromatic heterocycles. The zero-order chi connectivity index (χ0) is 15.4. The SMILES string of the molecule is COc1cccc(N(C)C(=O)c2cnc(NN)c(Cl)c2)c1. The van der Waals surface area contributed by atoms with Crippen molar-refractivity contribution in [2.45, 2.75) is 0 Å². The number of hydrazine groups is 1. The first kappa shape index (κ1) is 15.1. The Bertz CT molecular complexity index is 663. The number of aromatic nitrogens is 1. The van der Waals surface area contributed by atoms with E-state index in [9.17, 15) is 4.79 Å². The van der Waals surface area contributed by atoms with Gasteiger partial charge in [-0.1, -0.05) is 17.7 Å². The first-order valence-electron chi connectivity index (χ1n) is 6.11. The van der Waals surface area contributed by atoms with Crippen LogP contribution in [0.2, 0.25) is 5.02 Å². The van der Waals surface area contributed by atoms with E-state index in [1.165, 1.54) is 17.2 Å². The predicted molar refractivity (Wildman–Crippen MR) is 82.8 cm³/mol. The Hall–Kier alpha value is -2.31. The summed E-state index contributed by atoms with van der Waals surface area (Å²) in [5, 5.41) is 0.280. The molecule has 6 nitrogen and oxygen atoms in total. The highest BCUT2D eigenvalue weighted by Crippen LogP contribution is 2.23. The summed E-state index contributed by atoms with van der Waals surface area (Å²) >= 11 is 5.98. The minimum absolute atomic E-state index is 0.235. The summed E-state index contributed by atoms with van der Waals surface area (Å²) < 4.78 is 5.15. The normalized spacial score (nSPS) is 10.1. The number of nitrogens with two attached hydrogens (primary N) is 1. The molecule has 0 atom stereocenters. The molecule has 0 spiro atoms. The Kier molecular flexibility index (Phi) is 4.62. The van der Waals surface area contributed by atoms with Gasteiger partial charge in [-0.3, -0.25) is 4.79 Å². The lowest BCUT2D eigenvalue weighted by Crippen LogP contribution is -2.26. The maximum absolute atomic E-state index is 12.4. The van der Waals surface area contributed by atoms with Crippen molar-refractivity contribution in [3.05, 3.63) is 47.1 Å². The van der Waals surface area contributed by atoms with Crippen LogP contribution >= 0.6 is 11.6 Å². The molecule has 0 fully saturated rings. The van der Waals surface area contributed by atoms with Crippen molar-refractivity contribution < 1.29 is 9.53 Å². The zero-order valence-corrected chi connectivity index (χ0v) is 12.4. The number of carbonyl (C=O) groups excluding carboxylic acids is 1. The van der Waals surface area contributed by atoms with E-state index < -0.39 is 0 Å². The van der Waals surface area contributed by atoms with Gasteiger partial charge in [-0.15, -0.1) is 0 Å². The monoisotopic (exact) mass is 306 g/mol. The fraction of sp³-hybridized carbons (Fsp3) is 0.143. The number of methoxy groups -OCH3 is 1. The second-order valence-corrected chi connectivity index (χ2v) is 4.67. The number of nitrogens with one attached hydrogen (secondary N) is 1. The van der Waals surface area contributed by atoms with Crippen LogP contribution in [0.1, 0.15) is 10.4 Å². The van der Waals surface area contributed by atoms with Gasteiger partial charge in [0.2, 0.25) is 0 Å². The summed E-state index contributed by atoms with van der Waals surface area (Å²) in [5.74, 6) is 6.01. The molecule has 0 radical (unpaired) electrons. The average Bonchev–Trinajstić information content (AvgIpc) is 2.53. The molecule has 0 aliphatic rings. The molecule has 0 saturated heterocycles. The van der Waals surface area contributed by atoms with Crippen molar-refractivity contribution in [3.8, 4) is 5.75 Å². The van der Waals surface area contributed by atoms with Gasteiger partial charge in [0.15, 0.2) is 5.82 Å². The minimum Gasteiger partial charge on any atom is -0.497 e. The maximum atomic E-state index is 12.4. The van der Waals surface area contributed by atoms with Crippen molar-refractivity contribution in [2.24, 2.45) is 5.84 Å². The van der Waals surface area contributed by atoms with Crippen LogP contribution in [0.4, 0.5) is 11.5 Å². The minimum atomic E-state index is -0.235. The van der Waals surface area contributed by atoms with Crippen LogP contribution in [0, 0.1) is 0 Å². The molecule has 3 N–H and O–H groups in total. The molecule has 1 amide bonds. The fourth-order valence-electron chi connectivity index (χ4n) is 1.79. The average molecular weight is 307 g/mol. The molecule has 21 heavy (non-hydrogen) atoms. The fourth-order valence-corrected chi connectivity index (χ4v) is 2.01. The molecule has 0 bridgehead atoms. The topological polar surface area (TPSA) is 80.5 Å². The maximum Gasteiger partial charge on any atom is 0.259 e. The number of ether oxygens (including phenoxy) is 1. The lowest BCUT2D eigenvalue weighted by atomic mass is 10.2. The summed E-state index contributed by atoms with van der Waals surface area (Å²) in [5.41, 5.74) is 3.42. The third-order valence-electron chi connectivity index (χ3n) is 2.97. The molecule has 0 unspecified atom stereocenters. The predicted octanol–water partition coefficient (Wildman–Crippen LogP) is 2.31. The highest BCUT2D eigenvalue weighted by Gasteiger charge is 2.16. The Morgan fingerprint density at radius 1 is 1.43 bits per heavy atom. The number of pyridine rings is 1. The standard InChI is InChI=1S/C14H15ClN4O2/c1-19(10-4-3-5-11(7-10)21-2)14(20)9-6-12(15)13(18-16)17-8-9/h3-8H,16H2,1-2H3,(H,17,18). The van der Waals surface area contributed by atoms with E-state index in [0.29, 0.717) is 22.8 Å². The molecule has 2 rings (SSSR count). The first-order chi connectivity index (χ1) is 10.1. The van der Waals surface area contributed by atoms with Crippen LogP contribution in [0.15, 0.2) is 36.5 Å². The van der Waals surface area contributed by atoms with Crippen molar-refractivity contribution in [2.75, 3.05) is 24.5 Å². The van der Waals surface area contributed by atoms with Crippen molar-refractivity contribution in [1.82, 2.24) is 4.98 Å². The molecule has 0 saturated carbocycles. The summed E-state index contributed by atoms with van der Waals surface area (Å²) in [6.07, 6.45) is 1.42. The lowest BCUT2D eigenvalue weighted by molar-refractivity contribution is 0.0992. The number of halogens is 1. The number of anilines is 2. The van der Waals surface area contributed by atoms with E-state index >= 15 is 0 Å².